The second-order valence-corrected chi connectivity index (χ2v) is 12.4. The number of carbonyl (C=O) groups excluding carboxylic acids is 2. The molecule has 1 atom stereocenters. The molecule has 2 aliphatic heterocycles. The molecule has 2 aliphatic rings. The molecule has 3 heterocycles. The Labute approximate surface area is 250 Å². The van der Waals surface area contributed by atoms with Crippen LogP contribution >= 0.6 is 23.2 Å². The van der Waals surface area contributed by atoms with Crippen LogP contribution in [0.3, 0.4) is 0 Å². The highest BCUT2D eigenvalue weighted by Gasteiger charge is 2.52. The van der Waals surface area contributed by atoms with Crippen LogP contribution in [0.15, 0.2) is 53.7 Å². The molecule has 0 bridgehead atoms. The van der Waals surface area contributed by atoms with E-state index in [0.717, 1.165) is 5.56 Å². The number of hydrogen-bond acceptors (Lipinski definition) is 6. The van der Waals surface area contributed by atoms with E-state index in [1.54, 1.807) is 48.2 Å². The van der Waals surface area contributed by atoms with Crippen molar-refractivity contribution in [3.63, 3.8) is 0 Å². The molecule has 2 amide bonds. The lowest BCUT2D eigenvalue weighted by Gasteiger charge is -2.34. The maximum atomic E-state index is 14.1. The molecule has 1 aromatic heterocycles. The van der Waals surface area contributed by atoms with Crippen LogP contribution in [0.25, 0.3) is 0 Å². The molecule has 5 rings (SSSR count). The van der Waals surface area contributed by atoms with E-state index >= 15 is 0 Å². The van der Waals surface area contributed by atoms with Gasteiger partial charge in [0.05, 0.1) is 23.5 Å². The Morgan fingerprint density at radius 2 is 1.63 bits per heavy atom. The first-order valence-corrected chi connectivity index (χ1v) is 14.3. The van der Waals surface area contributed by atoms with Gasteiger partial charge in [-0.1, -0.05) is 50.2 Å². The van der Waals surface area contributed by atoms with Crippen LogP contribution in [0.5, 0.6) is 0 Å². The summed E-state index contributed by atoms with van der Waals surface area (Å²) >= 11 is 12.5. The molecule has 1 fully saturated rings. The molecule has 0 radical (unpaired) electrons. The van der Waals surface area contributed by atoms with Gasteiger partial charge >= 0.3 is 0 Å². The van der Waals surface area contributed by atoms with Crippen LogP contribution in [-0.4, -0.2) is 65.2 Å². The minimum absolute atomic E-state index is 0. The molecule has 13 heteroatoms. The highest BCUT2D eigenvalue weighted by Crippen LogP contribution is 2.44. The quantitative estimate of drug-likeness (QED) is 0.404. The highest BCUT2D eigenvalue weighted by molar-refractivity contribution is 7.89. The Kier molecular flexibility index (Phi) is 9.25. The predicted molar refractivity (Wildman–Crippen MR) is 159 cm³/mol. The molecule has 3 aromatic rings. The van der Waals surface area contributed by atoms with Gasteiger partial charge in [0.1, 0.15) is 5.54 Å². The number of piperazine rings is 1. The van der Waals surface area contributed by atoms with Gasteiger partial charge in [-0.05, 0) is 42.8 Å². The van der Waals surface area contributed by atoms with E-state index in [9.17, 15) is 23.3 Å². The monoisotopic (exact) mass is 618 g/mol. The van der Waals surface area contributed by atoms with Crippen LogP contribution in [0, 0.1) is 11.3 Å². The number of fused-ring (bicyclic) bond motifs is 1. The standard InChI is InChI=1S/C26H24Cl2N6O4S.2CH4/c1-17(35)31-7-9-32(10-8-31)39(37,38)23-16-30-25-33(22-12-20(27)11-21(28)13-22)24(36)26(2,34(23)25)14-18-3-5-19(15-29)6-4-18;;/h3-6,11-13,16H,7-10,14H2,1-2H3;2*1H4/t26-;;/m1../s1. The number of rotatable bonds is 5. The van der Waals surface area contributed by atoms with Gasteiger partial charge in [-0.15, -0.1) is 0 Å². The zero-order valence-electron chi connectivity index (χ0n) is 21.1. The third kappa shape index (κ3) is 5.57. The van der Waals surface area contributed by atoms with Crippen molar-refractivity contribution in [2.24, 2.45) is 0 Å². The lowest BCUT2D eigenvalue weighted by atomic mass is 9.91. The molecule has 10 nitrogen and oxygen atoms in total. The van der Waals surface area contributed by atoms with Crippen molar-refractivity contribution in [2.75, 3.05) is 31.1 Å². The summed E-state index contributed by atoms with van der Waals surface area (Å²) in [5.74, 6) is -0.407. The van der Waals surface area contributed by atoms with Gasteiger partial charge < -0.3 is 4.90 Å². The van der Waals surface area contributed by atoms with Crippen molar-refractivity contribution in [1.82, 2.24) is 18.8 Å². The Balaban J connectivity index is 0.00000231. The number of aromatic nitrogens is 2. The minimum atomic E-state index is -4.09. The van der Waals surface area contributed by atoms with Crippen molar-refractivity contribution in [2.45, 2.75) is 45.7 Å². The molecule has 1 saturated heterocycles. The lowest BCUT2D eigenvalue weighted by molar-refractivity contribution is -0.130. The van der Waals surface area contributed by atoms with Crippen LogP contribution in [0.2, 0.25) is 10.0 Å². The number of nitriles is 1. The van der Waals surface area contributed by atoms with E-state index in [1.807, 2.05) is 0 Å². The smallest absolute Gasteiger partial charge is 0.260 e. The van der Waals surface area contributed by atoms with Crippen LogP contribution in [0.1, 0.15) is 39.8 Å². The second-order valence-electron chi connectivity index (χ2n) is 9.67. The first-order chi connectivity index (χ1) is 18.5. The van der Waals surface area contributed by atoms with Gasteiger partial charge in [0.25, 0.3) is 15.9 Å². The van der Waals surface area contributed by atoms with Crippen LogP contribution < -0.4 is 4.90 Å². The molecule has 2 aromatic carbocycles. The highest BCUT2D eigenvalue weighted by atomic mass is 35.5. The average molecular weight is 620 g/mol. The van der Waals surface area contributed by atoms with E-state index in [2.05, 4.69) is 11.1 Å². The second kappa shape index (κ2) is 11.8. The van der Waals surface area contributed by atoms with Crippen molar-refractivity contribution in [3.8, 4) is 6.07 Å². The predicted octanol–water partition coefficient (Wildman–Crippen LogP) is 4.82. The zero-order valence-corrected chi connectivity index (χ0v) is 23.5. The van der Waals surface area contributed by atoms with Crippen molar-refractivity contribution >= 4 is 56.7 Å². The number of hydrogen-bond donors (Lipinski definition) is 0. The van der Waals surface area contributed by atoms with Crippen molar-refractivity contribution in [1.29, 1.82) is 5.26 Å². The number of amides is 2. The molecular formula is C28H32Cl2N6O4S. The third-order valence-corrected chi connectivity index (χ3v) is 9.39. The fraction of sp³-hybridized carbons (Fsp3) is 0.357. The van der Waals surface area contributed by atoms with Gasteiger partial charge in [0.2, 0.25) is 11.9 Å². The van der Waals surface area contributed by atoms with Crippen molar-refractivity contribution < 1.29 is 18.0 Å². The number of imidazole rings is 1. The van der Waals surface area contributed by atoms with E-state index < -0.39 is 21.5 Å². The topological polar surface area (TPSA) is 120 Å². The van der Waals surface area contributed by atoms with E-state index in [4.69, 9.17) is 23.2 Å². The molecule has 0 N–H and O–H groups in total. The normalized spacial score (nSPS) is 18.8. The van der Waals surface area contributed by atoms with Crippen LogP contribution in [-0.2, 0) is 31.6 Å². The summed E-state index contributed by atoms with van der Waals surface area (Å²) in [6.07, 6.45) is 1.39. The number of halogens is 2. The summed E-state index contributed by atoms with van der Waals surface area (Å²) in [4.78, 5) is 33.2. The maximum absolute atomic E-state index is 14.1. The van der Waals surface area contributed by atoms with Gasteiger partial charge in [-0.3, -0.25) is 14.2 Å². The number of nitrogens with zero attached hydrogens (tertiary/aromatic N) is 6. The summed E-state index contributed by atoms with van der Waals surface area (Å²) in [6, 6.07) is 13.5. The van der Waals surface area contributed by atoms with Gasteiger partial charge in [-0.25, -0.2) is 18.3 Å². The summed E-state index contributed by atoms with van der Waals surface area (Å²) < 4.78 is 30.6. The number of anilines is 2. The first kappa shape index (κ1) is 32.1. The summed E-state index contributed by atoms with van der Waals surface area (Å²) in [7, 11) is -4.09. The first-order valence-electron chi connectivity index (χ1n) is 12.1. The van der Waals surface area contributed by atoms with E-state index in [1.165, 1.54) is 33.0 Å². The Bertz CT molecular complexity index is 1610. The van der Waals surface area contributed by atoms with Gasteiger partial charge in [0.15, 0.2) is 5.03 Å². The fourth-order valence-electron chi connectivity index (χ4n) is 5.08. The minimum Gasteiger partial charge on any atom is -0.340 e. The number of carbonyl (C=O) groups is 2. The lowest BCUT2D eigenvalue weighted by Crippen LogP contribution is -2.50. The Morgan fingerprint density at radius 1 is 1.05 bits per heavy atom. The fourth-order valence-corrected chi connectivity index (χ4v) is 7.21. The molecule has 0 saturated carbocycles. The maximum Gasteiger partial charge on any atom is 0.260 e. The van der Waals surface area contributed by atoms with Crippen LogP contribution in [0.4, 0.5) is 11.6 Å². The SMILES string of the molecule is C.C.CC(=O)N1CCN(S(=O)(=O)c2cnc3n2[C@](C)(Cc2ccc(C#N)cc2)C(=O)N3c2cc(Cl)cc(Cl)c2)CC1. The largest absolute Gasteiger partial charge is 0.340 e. The summed E-state index contributed by atoms with van der Waals surface area (Å²) in [5.41, 5.74) is 0.159. The molecule has 0 spiro atoms. The molecule has 218 valence electrons. The van der Waals surface area contributed by atoms with E-state index in [0.29, 0.717) is 21.3 Å². The Hall–Kier alpha value is -3.43. The van der Waals surface area contributed by atoms with Gasteiger partial charge in [0, 0.05) is 49.6 Å². The average Bonchev–Trinajstić information content (AvgIpc) is 3.42. The summed E-state index contributed by atoms with van der Waals surface area (Å²) in [5, 5.41) is 9.65. The zero-order chi connectivity index (χ0) is 28.1. The van der Waals surface area contributed by atoms with Crippen molar-refractivity contribution in [3.05, 3.63) is 69.8 Å². The molecule has 0 unspecified atom stereocenters. The van der Waals surface area contributed by atoms with Gasteiger partial charge in [-0.2, -0.15) is 9.57 Å². The van der Waals surface area contributed by atoms with E-state index in [-0.39, 0.29) is 64.3 Å². The molecule has 41 heavy (non-hydrogen) atoms. The Morgan fingerprint density at radius 3 is 2.17 bits per heavy atom. The molecular weight excluding hydrogens is 587 g/mol. The number of benzene rings is 2. The third-order valence-electron chi connectivity index (χ3n) is 7.09. The summed E-state index contributed by atoms with van der Waals surface area (Å²) in [6.45, 7) is 3.89. The molecule has 0 aliphatic carbocycles. The number of sulfonamides is 1.